The zero-order valence-corrected chi connectivity index (χ0v) is 10.00. The van der Waals surface area contributed by atoms with Crippen LogP contribution in [0, 0.1) is 0 Å². The zero-order chi connectivity index (χ0) is 14.0. The van der Waals surface area contributed by atoms with E-state index in [0.717, 1.165) is 4.90 Å². The molecule has 0 aliphatic carbocycles. The van der Waals surface area contributed by atoms with Crippen LogP contribution >= 0.6 is 0 Å². The van der Waals surface area contributed by atoms with Crippen LogP contribution in [0.25, 0.3) is 0 Å². The maximum Gasteiger partial charge on any atom is 0.329 e. The van der Waals surface area contributed by atoms with Crippen molar-refractivity contribution in [1.82, 2.24) is 5.32 Å². The first-order valence-corrected chi connectivity index (χ1v) is 5.71. The van der Waals surface area contributed by atoms with Crippen LogP contribution < -0.4 is 16.0 Å². The van der Waals surface area contributed by atoms with Crippen molar-refractivity contribution in [3.8, 4) is 0 Å². The van der Waals surface area contributed by atoms with Gasteiger partial charge < -0.3 is 16.2 Å². The second-order valence-electron chi connectivity index (χ2n) is 4.20. The van der Waals surface area contributed by atoms with Gasteiger partial charge in [0.05, 0.1) is 5.69 Å². The molecule has 1 atom stereocenters. The Balaban J connectivity index is 2.17. The molecule has 1 heterocycles. The molecular weight excluding hydrogens is 250 g/mol. The molecule has 0 aromatic heterocycles. The summed E-state index contributed by atoms with van der Waals surface area (Å²) in [4.78, 5) is 35.3. The fraction of sp³-hybridized carbons (Fsp3) is 0.250. The van der Waals surface area contributed by atoms with Crippen LogP contribution in [-0.4, -0.2) is 29.1 Å². The summed E-state index contributed by atoms with van der Waals surface area (Å²) in [6, 6.07) is 5.01. The molecule has 19 heavy (non-hydrogen) atoms. The summed E-state index contributed by atoms with van der Waals surface area (Å²) >= 11 is 0. The average molecular weight is 263 g/mol. The summed E-state index contributed by atoms with van der Waals surface area (Å²) in [6.45, 7) is 0. The molecule has 7 nitrogen and oxygen atoms in total. The molecule has 7 heteroatoms. The second-order valence-corrected chi connectivity index (χ2v) is 4.20. The van der Waals surface area contributed by atoms with Crippen LogP contribution in [0.3, 0.4) is 0 Å². The van der Waals surface area contributed by atoms with Crippen molar-refractivity contribution < 1.29 is 19.5 Å². The molecule has 3 amide bonds. The fourth-order valence-electron chi connectivity index (χ4n) is 1.90. The van der Waals surface area contributed by atoms with E-state index in [2.05, 4.69) is 5.32 Å². The second kappa shape index (κ2) is 4.97. The predicted molar refractivity (Wildman–Crippen MR) is 67.5 cm³/mol. The van der Waals surface area contributed by atoms with Gasteiger partial charge in [-0.2, -0.15) is 0 Å². The van der Waals surface area contributed by atoms with Crippen molar-refractivity contribution in [1.29, 1.82) is 0 Å². The molecule has 1 saturated heterocycles. The van der Waals surface area contributed by atoms with Crippen molar-refractivity contribution in [3.05, 3.63) is 24.3 Å². The van der Waals surface area contributed by atoms with Crippen molar-refractivity contribution in [3.63, 3.8) is 0 Å². The first-order chi connectivity index (χ1) is 8.99. The lowest BCUT2D eigenvalue weighted by molar-refractivity contribution is -0.137. The number of rotatable bonds is 4. The summed E-state index contributed by atoms with van der Waals surface area (Å²) in [5.41, 5.74) is 6.42. The number of carbonyl (C=O) groups is 3. The number of amides is 3. The van der Waals surface area contributed by atoms with Gasteiger partial charge in [-0.05, 0) is 24.6 Å². The Morgan fingerprint density at radius 2 is 2.16 bits per heavy atom. The lowest BCUT2D eigenvalue weighted by Crippen LogP contribution is -2.31. The first kappa shape index (κ1) is 12.9. The molecule has 4 N–H and O–H groups in total. The first-order valence-electron chi connectivity index (χ1n) is 5.71. The molecule has 1 fully saturated rings. The number of hydrogen-bond acceptors (Lipinski definition) is 4. The van der Waals surface area contributed by atoms with E-state index in [0.29, 0.717) is 11.4 Å². The number of carbonyl (C=O) groups excluding carboxylic acids is 2. The minimum atomic E-state index is -1.01. The highest BCUT2D eigenvalue weighted by Crippen LogP contribution is 2.22. The Labute approximate surface area is 109 Å². The lowest BCUT2D eigenvalue weighted by atomic mass is 10.1. The van der Waals surface area contributed by atoms with Crippen molar-refractivity contribution >= 4 is 29.3 Å². The number of nitrogen functional groups attached to an aromatic ring is 1. The van der Waals surface area contributed by atoms with E-state index in [-0.39, 0.29) is 12.8 Å². The Kier molecular flexibility index (Phi) is 3.37. The van der Waals surface area contributed by atoms with Crippen LogP contribution in [0.2, 0.25) is 0 Å². The van der Waals surface area contributed by atoms with E-state index >= 15 is 0 Å². The number of urea groups is 1. The van der Waals surface area contributed by atoms with E-state index < -0.39 is 23.9 Å². The maximum absolute atomic E-state index is 12.0. The summed E-state index contributed by atoms with van der Waals surface area (Å²) in [5.74, 6) is -1.47. The predicted octanol–water partition coefficient (Wildman–Crippen LogP) is 0.558. The zero-order valence-electron chi connectivity index (χ0n) is 10.00. The number of anilines is 2. The molecule has 0 spiro atoms. The van der Waals surface area contributed by atoms with Gasteiger partial charge in [-0.15, -0.1) is 0 Å². The third-order valence-electron chi connectivity index (χ3n) is 2.79. The average Bonchev–Trinajstić information content (AvgIpc) is 2.62. The number of aliphatic carboxylic acids is 1. The van der Waals surface area contributed by atoms with Gasteiger partial charge in [0.25, 0.3) is 5.91 Å². The molecular formula is C12H13N3O4. The van der Waals surface area contributed by atoms with Crippen LogP contribution in [-0.2, 0) is 9.59 Å². The summed E-state index contributed by atoms with van der Waals surface area (Å²) in [7, 11) is 0. The SMILES string of the molecule is Nc1cccc(N2C(=O)NC(CCC(=O)O)C2=O)c1. The summed E-state index contributed by atoms with van der Waals surface area (Å²) < 4.78 is 0. The summed E-state index contributed by atoms with van der Waals surface area (Å²) in [6.07, 6.45) is -0.111. The van der Waals surface area contributed by atoms with Crippen LogP contribution in [0.15, 0.2) is 24.3 Å². The summed E-state index contributed by atoms with van der Waals surface area (Å²) in [5, 5.41) is 11.1. The van der Waals surface area contributed by atoms with Gasteiger partial charge in [-0.3, -0.25) is 9.59 Å². The number of benzene rings is 1. The normalized spacial score (nSPS) is 18.5. The Hall–Kier alpha value is -2.57. The third kappa shape index (κ3) is 2.65. The standard InChI is InChI=1S/C12H13N3O4/c13-7-2-1-3-8(6-7)15-11(18)9(14-12(15)19)4-5-10(16)17/h1-3,6,9H,4-5,13H2,(H,14,19)(H,16,17). The molecule has 1 unspecified atom stereocenters. The minimum Gasteiger partial charge on any atom is -0.481 e. The molecule has 2 rings (SSSR count). The Morgan fingerprint density at radius 3 is 2.79 bits per heavy atom. The van der Waals surface area contributed by atoms with Crippen LogP contribution in [0.4, 0.5) is 16.2 Å². The molecule has 0 radical (unpaired) electrons. The molecule has 0 bridgehead atoms. The number of carboxylic acid groups (broad SMARTS) is 1. The van der Waals surface area contributed by atoms with E-state index in [1.165, 1.54) is 6.07 Å². The molecule has 1 aromatic rings. The van der Waals surface area contributed by atoms with Crippen molar-refractivity contribution in [2.75, 3.05) is 10.6 Å². The smallest absolute Gasteiger partial charge is 0.329 e. The van der Waals surface area contributed by atoms with Gasteiger partial charge in [0, 0.05) is 12.1 Å². The maximum atomic E-state index is 12.0. The Morgan fingerprint density at radius 1 is 1.42 bits per heavy atom. The molecule has 1 aromatic carbocycles. The molecule has 1 aliphatic heterocycles. The van der Waals surface area contributed by atoms with Gasteiger partial charge in [0.1, 0.15) is 6.04 Å². The lowest BCUT2D eigenvalue weighted by Gasteiger charge is -2.13. The minimum absolute atomic E-state index is 0.0682. The largest absolute Gasteiger partial charge is 0.481 e. The van der Waals surface area contributed by atoms with Crippen molar-refractivity contribution in [2.24, 2.45) is 0 Å². The number of nitrogens with two attached hydrogens (primary N) is 1. The topological polar surface area (TPSA) is 113 Å². The van der Waals surface area contributed by atoms with Gasteiger partial charge >= 0.3 is 12.0 Å². The van der Waals surface area contributed by atoms with Gasteiger partial charge in [0.2, 0.25) is 0 Å². The number of hydrogen-bond donors (Lipinski definition) is 3. The molecule has 1 aliphatic rings. The highest BCUT2D eigenvalue weighted by molar-refractivity contribution is 6.21. The molecule has 100 valence electrons. The highest BCUT2D eigenvalue weighted by Gasteiger charge is 2.38. The number of nitrogens with one attached hydrogen (secondary N) is 1. The van der Waals surface area contributed by atoms with E-state index in [1.54, 1.807) is 18.2 Å². The van der Waals surface area contributed by atoms with Crippen LogP contribution in [0.1, 0.15) is 12.8 Å². The Bertz CT molecular complexity index is 544. The van der Waals surface area contributed by atoms with Crippen molar-refractivity contribution in [2.45, 2.75) is 18.9 Å². The number of imide groups is 1. The number of nitrogens with zero attached hydrogens (tertiary/aromatic N) is 1. The highest BCUT2D eigenvalue weighted by atomic mass is 16.4. The fourth-order valence-corrected chi connectivity index (χ4v) is 1.90. The van der Waals surface area contributed by atoms with Gasteiger partial charge in [0.15, 0.2) is 0 Å². The molecule has 0 saturated carbocycles. The third-order valence-corrected chi connectivity index (χ3v) is 2.79. The number of carboxylic acids is 1. The van der Waals surface area contributed by atoms with Crippen LogP contribution in [0.5, 0.6) is 0 Å². The van der Waals surface area contributed by atoms with E-state index in [4.69, 9.17) is 10.8 Å². The van der Waals surface area contributed by atoms with Gasteiger partial charge in [-0.1, -0.05) is 6.07 Å². The quantitative estimate of drug-likeness (QED) is 0.542. The van der Waals surface area contributed by atoms with Gasteiger partial charge in [-0.25, -0.2) is 9.69 Å². The van der Waals surface area contributed by atoms with E-state index in [1.807, 2.05) is 0 Å². The monoisotopic (exact) mass is 263 g/mol. The van der Waals surface area contributed by atoms with E-state index in [9.17, 15) is 14.4 Å².